The summed E-state index contributed by atoms with van der Waals surface area (Å²) < 4.78 is 33.3. The molecule has 6 aromatic carbocycles. The van der Waals surface area contributed by atoms with E-state index in [9.17, 15) is 5.11 Å². The molecule has 0 aromatic heterocycles. The number of benzene rings is 6. The van der Waals surface area contributed by atoms with Crippen LogP contribution in [0.3, 0.4) is 0 Å². The summed E-state index contributed by atoms with van der Waals surface area (Å²) in [6, 6.07) is 29.3. The van der Waals surface area contributed by atoms with Crippen LogP contribution < -0.4 is 0 Å². The van der Waals surface area contributed by atoms with E-state index in [1.807, 2.05) is 36.4 Å². The lowest BCUT2D eigenvalue weighted by Gasteiger charge is -2.22. The molecule has 0 amide bonds. The fraction of sp³-hybridized carbons (Fsp3) is 0.0556. The molecule has 0 spiro atoms. The third kappa shape index (κ3) is 3.55. The van der Waals surface area contributed by atoms with Crippen molar-refractivity contribution in [1.82, 2.24) is 0 Å². The standard InChI is InChI=1S/C36H26O/c37-34-19-8-7-17-33(34)36-31-15-5-3-13-29(31)35(30-14-4-6-16-32(30)36)26-22-20-25(21-23-26)28-18-9-11-24-10-1-2-12-27(24)28/h1-20,22-23,25,37H,21H2/i7D,8D,17D,19D. The van der Waals surface area contributed by atoms with Crippen LogP contribution in [-0.2, 0) is 0 Å². The molecule has 1 N–H and O–H groups in total. The summed E-state index contributed by atoms with van der Waals surface area (Å²) in [7, 11) is 0. The summed E-state index contributed by atoms with van der Waals surface area (Å²) >= 11 is 0. The summed E-state index contributed by atoms with van der Waals surface area (Å²) in [6.07, 6.45) is 7.65. The van der Waals surface area contributed by atoms with E-state index in [-0.39, 0.29) is 23.6 Å². The monoisotopic (exact) mass is 478 g/mol. The Bertz CT molecular complexity index is 2000. The molecular formula is C36H26O. The number of para-hydroxylation sites is 1. The molecule has 1 heteroatoms. The first-order valence-corrected chi connectivity index (χ1v) is 12.5. The minimum atomic E-state index is -0.445. The highest BCUT2D eigenvalue weighted by Crippen LogP contribution is 2.45. The van der Waals surface area contributed by atoms with E-state index >= 15 is 0 Å². The van der Waals surface area contributed by atoms with Crippen molar-refractivity contribution in [3.8, 4) is 16.9 Å². The summed E-state index contributed by atoms with van der Waals surface area (Å²) in [5.74, 6) is -0.174. The zero-order chi connectivity index (χ0) is 28.2. The van der Waals surface area contributed by atoms with Gasteiger partial charge in [0.15, 0.2) is 0 Å². The van der Waals surface area contributed by atoms with Gasteiger partial charge >= 0.3 is 0 Å². The number of fused-ring (bicyclic) bond motifs is 3. The molecule has 37 heavy (non-hydrogen) atoms. The number of phenolic OH excluding ortho intramolecular Hbond substituents is 1. The second kappa shape index (κ2) is 8.80. The number of hydrogen-bond acceptors (Lipinski definition) is 1. The van der Waals surface area contributed by atoms with Gasteiger partial charge in [-0.05, 0) is 61.5 Å². The maximum absolute atomic E-state index is 11.1. The van der Waals surface area contributed by atoms with Crippen LogP contribution in [0.4, 0.5) is 0 Å². The predicted molar refractivity (Wildman–Crippen MR) is 157 cm³/mol. The van der Waals surface area contributed by atoms with Gasteiger partial charge in [0, 0.05) is 17.0 Å². The topological polar surface area (TPSA) is 20.2 Å². The third-order valence-electron chi connectivity index (χ3n) is 7.46. The Kier molecular flexibility index (Phi) is 4.22. The van der Waals surface area contributed by atoms with E-state index in [0.29, 0.717) is 5.56 Å². The van der Waals surface area contributed by atoms with E-state index in [0.717, 1.165) is 39.1 Å². The Morgan fingerprint density at radius 3 is 1.92 bits per heavy atom. The summed E-state index contributed by atoms with van der Waals surface area (Å²) in [6.45, 7) is 0. The third-order valence-corrected chi connectivity index (χ3v) is 7.46. The van der Waals surface area contributed by atoms with Crippen LogP contribution in [0.25, 0.3) is 49.0 Å². The maximum Gasteiger partial charge on any atom is 0.123 e. The number of rotatable bonds is 3. The molecule has 1 unspecified atom stereocenters. The molecule has 0 saturated heterocycles. The van der Waals surface area contributed by atoms with Gasteiger partial charge in [0.25, 0.3) is 0 Å². The van der Waals surface area contributed by atoms with Gasteiger partial charge in [-0.2, -0.15) is 0 Å². The zero-order valence-corrected chi connectivity index (χ0v) is 20.1. The van der Waals surface area contributed by atoms with Crippen LogP contribution in [0, 0.1) is 0 Å². The first kappa shape index (κ1) is 17.8. The summed E-state index contributed by atoms with van der Waals surface area (Å²) in [4.78, 5) is 0. The van der Waals surface area contributed by atoms with Crippen molar-refractivity contribution >= 4 is 37.9 Å². The Labute approximate surface area is 222 Å². The molecule has 1 nitrogen and oxygen atoms in total. The van der Waals surface area contributed by atoms with Gasteiger partial charge in [0.1, 0.15) is 5.75 Å². The average molecular weight is 479 g/mol. The van der Waals surface area contributed by atoms with Crippen molar-refractivity contribution in [1.29, 1.82) is 0 Å². The van der Waals surface area contributed by atoms with Crippen LogP contribution in [0.5, 0.6) is 5.75 Å². The summed E-state index contributed by atoms with van der Waals surface area (Å²) in [5, 5.41) is 17.1. The highest BCUT2D eigenvalue weighted by molar-refractivity contribution is 6.20. The van der Waals surface area contributed by atoms with Gasteiger partial charge < -0.3 is 5.11 Å². The van der Waals surface area contributed by atoms with Crippen LogP contribution in [0.15, 0.2) is 133 Å². The molecular weight excluding hydrogens is 448 g/mol. The van der Waals surface area contributed by atoms with Crippen molar-refractivity contribution < 1.29 is 10.6 Å². The van der Waals surface area contributed by atoms with Gasteiger partial charge in [-0.15, -0.1) is 0 Å². The minimum Gasteiger partial charge on any atom is -0.507 e. The van der Waals surface area contributed by atoms with Crippen LogP contribution in [0.1, 0.15) is 28.9 Å². The first-order chi connectivity index (χ1) is 20.0. The molecule has 1 atom stereocenters. The first-order valence-electron chi connectivity index (χ1n) is 14.5. The van der Waals surface area contributed by atoms with Crippen molar-refractivity contribution in [2.45, 2.75) is 12.3 Å². The fourth-order valence-electron chi connectivity index (χ4n) is 5.81. The highest BCUT2D eigenvalue weighted by Gasteiger charge is 2.20. The van der Waals surface area contributed by atoms with Crippen molar-refractivity contribution in [3.05, 3.63) is 145 Å². The molecule has 0 heterocycles. The summed E-state index contributed by atoms with van der Waals surface area (Å²) in [5.41, 5.74) is 4.23. The molecule has 6 aromatic rings. The van der Waals surface area contributed by atoms with Gasteiger partial charge in [0.2, 0.25) is 0 Å². The highest BCUT2D eigenvalue weighted by atomic mass is 16.3. The van der Waals surface area contributed by atoms with E-state index < -0.39 is 17.8 Å². The van der Waals surface area contributed by atoms with Crippen LogP contribution in [0.2, 0.25) is 0 Å². The zero-order valence-electron chi connectivity index (χ0n) is 24.1. The quantitative estimate of drug-likeness (QED) is 0.251. The largest absolute Gasteiger partial charge is 0.507 e. The molecule has 176 valence electrons. The normalized spacial score (nSPS) is 16.9. The van der Waals surface area contributed by atoms with Crippen LogP contribution in [-0.4, -0.2) is 5.11 Å². The van der Waals surface area contributed by atoms with Gasteiger partial charge in [0.05, 0.1) is 5.48 Å². The molecule has 0 saturated carbocycles. The van der Waals surface area contributed by atoms with Gasteiger partial charge in [-0.3, -0.25) is 0 Å². The number of aromatic hydroxyl groups is 1. The number of hydrogen-bond donors (Lipinski definition) is 1. The van der Waals surface area contributed by atoms with Gasteiger partial charge in [-0.1, -0.05) is 127 Å². The molecule has 0 aliphatic heterocycles. The maximum atomic E-state index is 11.1. The molecule has 0 fully saturated rings. The van der Waals surface area contributed by atoms with Gasteiger partial charge in [-0.25, -0.2) is 0 Å². The number of phenols is 1. The molecule has 0 radical (unpaired) electrons. The SMILES string of the molecule is [2H]c1c([2H])c([2H])c(-c2c3ccccc3c(C3=CCC(c4cccc5ccccc45)C=C3)c3ccccc23)c(O)c1[2H]. The van der Waals surface area contributed by atoms with Crippen molar-refractivity contribution in [2.24, 2.45) is 0 Å². The van der Waals surface area contributed by atoms with E-state index in [1.54, 1.807) is 0 Å². The Balaban J connectivity index is 1.44. The predicted octanol–water partition coefficient (Wildman–Crippen LogP) is 9.65. The van der Waals surface area contributed by atoms with Crippen molar-refractivity contribution in [3.63, 3.8) is 0 Å². The van der Waals surface area contributed by atoms with Crippen molar-refractivity contribution in [2.75, 3.05) is 0 Å². The Hall–Kier alpha value is -4.62. The minimum absolute atomic E-state index is 0.124. The second-order valence-electron chi connectivity index (χ2n) is 9.49. The van der Waals surface area contributed by atoms with E-state index in [4.69, 9.17) is 5.48 Å². The number of allylic oxidation sites excluding steroid dienone is 4. The fourth-order valence-corrected chi connectivity index (χ4v) is 5.81. The second-order valence-corrected chi connectivity index (χ2v) is 9.49. The lowest BCUT2D eigenvalue weighted by atomic mass is 9.82. The van der Waals surface area contributed by atoms with E-state index in [1.165, 1.54) is 16.3 Å². The lowest BCUT2D eigenvalue weighted by Crippen LogP contribution is -2.01. The average Bonchev–Trinajstić information content (AvgIpc) is 3.02. The molecule has 1 aliphatic carbocycles. The molecule has 1 aliphatic rings. The smallest absolute Gasteiger partial charge is 0.123 e. The Morgan fingerprint density at radius 1 is 0.649 bits per heavy atom. The molecule has 0 bridgehead atoms. The molecule has 7 rings (SSSR count). The van der Waals surface area contributed by atoms with Crippen LogP contribution >= 0.6 is 0 Å². The van der Waals surface area contributed by atoms with E-state index in [2.05, 4.69) is 72.8 Å². The Morgan fingerprint density at radius 2 is 1.24 bits per heavy atom. The lowest BCUT2D eigenvalue weighted by molar-refractivity contribution is 0.477.